The number of nitrogens with two attached hydrogens (primary N) is 5. The Bertz CT molecular complexity index is 955. The van der Waals surface area contributed by atoms with Crippen molar-refractivity contribution in [1.82, 2.24) is 26.6 Å². The Balaban J connectivity index is -0.000000366. The van der Waals surface area contributed by atoms with Crippen molar-refractivity contribution in [2.24, 2.45) is 28.7 Å². The van der Waals surface area contributed by atoms with Gasteiger partial charge in [-0.25, -0.2) is 0 Å². The molecule has 16 N–H and O–H groups in total. The van der Waals surface area contributed by atoms with Crippen molar-refractivity contribution < 1.29 is 24.4 Å². The van der Waals surface area contributed by atoms with Gasteiger partial charge in [0, 0.05) is 38.6 Å². The van der Waals surface area contributed by atoms with Gasteiger partial charge in [-0.05, 0) is 174 Å². The molecule has 17 nitrogen and oxygen atoms in total. The standard InChI is InChI=1S/C16H37N5O.C12H16N2O4.C10H26N4.CH4O.CH4/c17-9-3-1-2-8-16(22)21-15-7-14-20-12-5-4-11-19-13-6-10-18;13-9-3-1-2-4-12(15)18-11-7-5-10(6-8-11)14(16)17;11-5-3-9-13-7-1-2-8-14-10-4-6-12;1-2;/h19-20H,1-15,17-18H2,(H,21,22);5-8H,1-4,9,13H2;13-14H,1-12H2;2H,1H3;1H4. The summed E-state index contributed by atoms with van der Waals surface area (Å²) in [7, 11) is 1.00. The molecule has 1 amide bonds. The Labute approximate surface area is 345 Å². The van der Waals surface area contributed by atoms with Gasteiger partial charge in [-0.2, -0.15) is 0 Å². The van der Waals surface area contributed by atoms with Gasteiger partial charge >= 0.3 is 5.97 Å². The number of hydrogen-bond acceptors (Lipinski definition) is 15. The largest absolute Gasteiger partial charge is 0.427 e. The molecule has 0 saturated carbocycles. The van der Waals surface area contributed by atoms with E-state index in [1.54, 1.807) is 0 Å². The van der Waals surface area contributed by atoms with Gasteiger partial charge in [0.1, 0.15) is 5.75 Å². The molecule has 0 radical (unpaired) electrons. The van der Waals surface area contributed by atoms with Crippen LogP contribution in [-0.4, -0.2) is 121 Å². The van der Waals surface area contributed by atoms with E-state index in [-0.39, 0.29) is 25.0 Å². The average molecular weight is 818 g/mol. The van der Waals surface area contributed by atoms with Crippen molar-refractivity contribution in [2.75, 3.05) is 98.7 Å². The number of carbonyl (C=O) groups excluding carboxylic acids is 2. The van der Waals surface area contributed by atoms with Crippen LogP contribution in [-0.2, 0) is 9.59 Å². The maximum absolute atomic E-state index is 11.5. The van der Waals surface area contributed by atoms with Crippen LogP contribution in [0.1, 0.15) is 110 Å². The number of nitro groups is 1. The molecule has 17 heteroatoms. The SMILES string of the molecule is C.CO.NCCCCCC(=O)NCCCNCCCCNCCCN.NCCCCCC(=O)Oc1ccc([N+](=O)[O-])cc1.NCCCNCCCCNCCCN. The third-order valence-corrected chi connectivity index (χ3v) is 7.91. The van der Waals surface area contributed by atoms with E-state index in [0.29, 0.717) is 25.1 Å². The Morgan fingerprint density at radius 1 is 0.544 bits per heavy atom. The summed E-state index contributed by atoms with van der Waals surface area (Å²) in [5, 5.41) is 33.9. The Hall–Kier alpha value is -2.84. The first-order valence-corrected chi connectivity index (χ1v) is 20.9. The molecule has 0 aromatic heterocycles. The van der Waals surface area contributed by atoms with Gasteiger partial charge in [-0.1, -0.05) is 20.3 Å². The lowest BCUT2D eigenvalue weighted by Crippen LogP contribution is -2.27. The predicted octanol–water partition coefficient (Wildman–Crippen LogP) is 2.23. The van der Waals surface area contributed by atoms with Crippen LogP contribution in [0, 0.1) is 10.1 Å². The van der Waals surface area contributed by atoms with E-state index >= 15 is 0 Å². The molecule has 0 atom stereocenters. The number of nitrogens with zero attached hydrogens (tertiary/aromatic N) is 1. The molecule has 57 heavy (non-hydrogen) atoms. The van der Waals surface area contributed by atoms with Crippen LogP contribution in [0.25, 0.3) is 0 Å². The minimum atomic E-state index is -0.502. The van der Waals surface area contributed by atoms with Crippen LogP contribution < -0.4 is 60.0 Å². The number of hydrogen-bond donors (Lipinski definition) is 11. The minimum absolute atomic E-state index is 0. The minimum Gasteiger partial charge on any atom is -0.427 e. The predicted molar refractivity (Wildman–Crippen MR) is 237 cm³/mol. The van der Waals surface area contributed by atoms with Crippen molar-refractivity contribution in [2.45, 2.75) is 110 Å². The number of aliphatic hydroxyl groups excluding tert-OH is 1. The highest BCUT2D eigenvalue weighted by atomic mass is 16.6. The lowest BCUT2D eigenvalue weighted by molar-refractivity contribution is -0.384. The van der Waals surface area contributed by atoms with Crippen LogP contribution in [0.5, 0.6) is 5.75 Å². The van der Waals surface area contributed by atoms with E-state index in [1.807, 2.05) is 0 Å². The first-order valence-electron chi connectivity index (χ1n) is 20.9. The molecule has 0 heterocycles. The molecule has 0 aliphatic rings. The summed E-state index contributed by atoms with van der Waals surface area (Å²) in [4.78, 5) is 32.8. The van der Waals surface area contributed by atoms with E-state index in [4.69, 9.17) is 38.5 Å². The van der Waals surface area contributed by atoms with Gasteiger partial charge in [0.05, 0.1) is 4.92 Å². The maximum atomic E-state index is 11.5. The molecule has 1 aromatic rings. The molecule has 0 aliphatic carbocycles. The smallest absolute Gasteiger partial charge is 0.311 e. The number of rotatable bonds is 35. The molecule has 0 saturated heterocycles. The first kappa shape index (κ1) is 60.8. The first-order chi connectivity index (χ1) is 27.4. The second-order valence-corrected chi connectivity index (χ2v) is 13.0. The number of nitro benzene ring substituents is 1. The third kappa shape index (κ3) is 51.1. The summed E-state index contributed by atoms with van der Waals surface area (Å²) < 4.78 is 5.04. The second kappa shape index (κ2) is 53.2. The van der Waals surface area contributed by atoms with Gasteiger partial charge in [0.15, 0.2) is 0 Å². The van der Waals surface area contributed by atoms with E-state index in [9.17, 15) is 19.7 Å². The number of ether oxygens (including phenoxy) is 1. The van der Waals surface area contributed by atoms with Crippen molar-refractivity contribution in [3.05, 3.63) is 34.4 Å². The fourth-order valence-corrected chi connectivity index (χ4v) is 4.73. The van der Waals surface area contributed by atoms with Crippen LogP contribution in [0.2, 0.25) is 0 Å². The lowest BCUT2D eigenvalue weighted by atomic mass is 10.2. The summed E-state index contributed by atoms with van der Waals surface area (Å²) >= 11 is 0. The molecular formula is C40H87N11O6. The van der Waals surface area contributed by atoms with E-state index in [2.05, 4.69) is 26.6 Å². The number of amides is 1. The summed E-state index contributed by atoms with van der Waals surface area (Å²) in [5.74, 6) is 0.158. The quantitative estimate of drug-likeness (QED) is 0.0154. The summed E-state index contributed by atoms with van der Waals surface area (Å²) in [6.45, 7) is 12.9. The fourth-order valence-electron chi connectivity index (χ4n) is 4.73. The Kier molecular flexibility index (Phi) is 56.7. The molecule has 0 unspecified atom stereocenters. The van der Waals surface area contributed by atoms with Crippen molar-refractivity contribution in [1.29, 1.82) is 0 Å². The topological polar surface area (TPSA) is 297 Å². The fraction of sp³-hybridized carbons (Fsp3) is 0.800. The number of esters is 1. The zero-order valence-electron chi connectivity index (χ0n) is 34.8. The summed E-state index contributed by atoms with van der Waals surface area (Å²) in [5.41, 5.74) is 26.9. The van der Waals surface area contributed by atoms with Crippen molar-refractivity contribution in [3.8, 4) is 5.75 Å². The van der Waals surface area contributed by atoms with Gasteiger partial charge in [0.25, 0.3) is 5.69 Å². The van der Waals surface area contributed by atoms with Gasteiger partial charge in [-0.15, -0.1) is 0 Å². The monoisotopic (exact) mass is 818 g/mol. The molecule has 0 spiro atoms. The second-order valence-electron chi connectivity index (χ2n) is 13.0. The highest BCUT2D eigenvalue weighted by Crippen LogP contribution is 2.18. The normalized spacial score (nSPS) is 10.1. The van der Waals surface area contributed by atoms with Gasteiger partial charge in [0.2, 0.25) is 5.91 Å². The Morgan fingerprint density at radius 3 is 1.30 bits per heavy atom. The number of benzene rings is 1. The summed E-state index contributed by atoms with van der Waals surface area (Å²) in [6.07, 6.45) is 15.5. The molecule has 338 valence electrons. The highest BCUT2D eigenvalue weighted by molar-refractivity contribution is 5.75. The number of unbranched alkanes of at least 4 members (excludes halogenated alkanes) is 6. The maximum Gasteiger partial charge on any atom is 0.311 e. The zero-order chi connectivity index (χ0) is 42.2. The van der Waals surface area contributed by atoms with Crippen LogP contribution in [0.3, 0.4) is 0 Å². The van der Waals surface area contributed by atoms with E-state index in [1.165, 1.54) is 49.9 Å². The third-order valence-electron chi connectivity index (χ3n) is 7.91. The molecule has 0 aliphatic heterocycles. The van der Waals surface area contributed by atoms with Crippen LogP contribution in [0.4, 0.5) is 5.69 Å². The summed E-state index contributed by atoms with van der Waals surface area (Å²) in [6, 6.07) is 5.43. The van der Waals surface area contributed by atoms with Crippen LogP contribution in [0.15, 0.2) is 24.3 Å². The molecule has 1 rings (SSSR count). The Morgan fingerprint density at radius 2 is 0.912 bits per heavy atom. The van der Waals surface area contributed by atoms with Gasteiger partial charge < -0.3 is 65.1 Å². The molecule has 0 bridgehead atoms. The number of aliphatic hydroxyl groups is 1. The average Bonchev–Trinajstić information content (AvgIpc) is 3.21. The van der Waals surface area contributed by atoms with E-state index in [0.717, 1.165) is 156 Å². The molecule has 0 fully saturated rings. The molecular weight excluding hydrogens is 731 g/mol. The zero-order valence-corrected chi connectivity index (χ0v) is 34.8. The van der Waals surface area contributed by atoms with E-state index < -0.39 is 4.92 Å². The number of carbonyl (C=O) groups is 2. The number of nitrogens with one attached hydrogen (secondary N) is 5. The van der Waals surface area contributed by atoms with Crippen molar-refractivity contribution >= 4 is 17.6 Å². The van der Waals surface area contributed by atoms with Gasteiger partial charge in [-0.3, -0.25) is 19.7 Å². The lowest BCUT2D eigenvalue weighted by Gasteiger charge is -2.07. The van der Waals surface area contributed by atoms with Crippen molar-refractivity contribution in [3.63, 3.8) is 0 Å². The molecule has 1 aromatic carbocycles. The number of non-ortho nitro benzene ring substituents is 1. The van der Waals surface area contributed by atoms with Crippen LogP contribution >= 0.6 is 0 Å². The highest BCUT2D eigenvalue weighted by Gasteiger charge is 2.08.